The van der Waals surface area contributed by atoms with Crippen LogP contribution in [0.1, 0.15) is 21.6 Å². The van der Waals surface area contributed by atoms with Crippen molar-refractivity contribution in [3.05, 3.63) is 75.8 Å². The Morgan fingerprint density at radius 1 is 1.12 bits per heavy atom. The summed E-state index contributed by atoms with van der Waals surface area (Å²) in [5, 5.41) is 3.32. The first-order valence-corrected chi connectivity index (χ1v) is 8.87. The van der Waals surface area contributed by atoms with Crippen LogP contribution in [0.5, 0.6) is 0 Å². The van der Waals surface area contributed by atoms with Crippen LogP contribution < -0.4 is 0 Å². The molecule has 0 aliphatic rings. The van der Waals surface area contributed by atoms with Crippen LogP contribution in [-0.4, -0.2) is 18.1 Å². The Balaban J connectivity index is 1.62. The molecule has 0 saturated heterocycles. The zero-order valence-electron chi connectivity index (χ0n) is 13.6. The van der Waals surface area contributed by atoms with Gasteiger partial charge in [-0.05, 0) is 23.8 Å². The maximum Gasteiger partial charge on any atom is 0.338 e. The molecule has 2 aromatic carbocycles. The lowest BCUT2D eigenvalue weighted by Crippen LogP contribution is -2.05. The maximum atomic E-state index is 12.1. The highest BCUT2D eigenvalue weighted by molar-refractivity contribution is 7.13. The fourth-order valence-electron chi connectivity index (χ4n) is 2.26. The third-order valence-corrected chi connectivity index (χ3v) is 4.76. The van der Waals surface area contributed by atoms with Crippen molar-refractivity contribution in [2.75, 3.05) is 7.11 Å². The van der Waals surface area contributed by atoms with Crippen LogP contribution >= 0.6 is 22.9 Å². The fourth-order valence-corrected chi connectivity index (χ4v) is 3.38. The Morgan fingerprint density at radius 2 is 1.88 bits per heavy atom. The van der Waals surface area contributed by atoms with Crippen molar-refractivity contribution in [1.29, 1.82) is 0 Å². The highest BCUT2D eigenvalue weighted by Gasteiger charge is 2.11. The van der Waals surface area contributed by atoms with Crippen molar-refractivity contribution in [3.63, 3.8) is 0 Å². The monoisotopic (exact) mass is 373 g/mol. The Bertz CT molecular complexity index is 861. The second-order valence-corrected chi connectivity index (χ2v) is 6.60. The predicted octanol–water partition coefficient (Wildman–Crippen LogP) is 4.97. The number of esters is 1. The summed E-state index contributed by atoms with van der Waals surface area (Å²) < 4.78 is 10.4. The van der Waals surface area contributed by atoms with E-state index in [0.717, 1.165) is 16.1 Å². The molecule has 0 saturated carbocycles. The number of benzene rings is 2. The first-order chi connectivity index (χ1) is 12.2. The van der Waals surface area contributed by atoms with Crippen LogP contribution in [0.3, 0.4) is 0 Å². The van der Waals surface area contributed by atoms with Gasteiger partial charge in [-0.1, -0.05) is 41.9 Å². The number of ether oxygens (including phenoxy) is 2. The van der Waals surface area contributed by atoms with Crippen LogP contribution in [0.25, 0.3) is 10.6 Å². The molecule has 0 radical (unpaired) electrons. The normalized spacial score (nSPS) is 10.6. The number of carbonyl (C=O) groups excluding carboxylic acids is 1. The Morgan fingerprint density at radius 3 is 2.60 bits per heavy atom. The number of hydrogen-bond acceptors (Lipinski definition) is 5. The summed E-state index contributed by atoms with van der Waals surface area (Å²) in [5.74, 6) is -0.378. The first kappa shape index (κ1) is 17.6. The van der Waals surface area contributed by atoms with E-state index in [2.05, 4.69) is 4.98 Å². The summed E-state index contributed by atoms with van der Waals surface area (Å²) in [6.45, 7) is 0.637. The van der Waals surface area contributed by atoms with Gasteiger partial charge < -0.3 is 9.47 Å². The van der Waals surface area contributed by atoms with Crippen LogP contribution in [0.15, 0.2) is 53.9 Å². The molecule has 0 aliphatic carbocycles. The molecule has 6 heteroatoms. The molecule has 128 valence electrons. The van der Waals surface area contributed by atoms with E-state index in [9.17, 15) is 4.79 Å². The lowest BCUT2D eigenvalue weighted by atomic mass is 10.1. The zero-order chi connectivity index (χ0) is 17.6. The topological polar surface area (TPSA) is 48.4 Å². The van der Waals surface area contributed by atoms with Gasteiger partial charge in [-0.3, -0.25) is 0 Å². The molecule has 0 fully saturated rings. The van der Waals surface area contributed by atoms with Crippen molar-refractivity contribution in [1.82, 2.24) is 4.98 Å². The number of hydrogen-bond donors (Lipinski definition) is 0. The van der Waals surface area contributed by atoms with Gasteiger partial charge in [0.25, 0.3) is 0 Å². The zero-order valence-corrected chi connectivity index (χ0v) is 15.1. The summed E-state index contributed by atoms with van der Waals surface area (Å²) in [6, 6.07) is 14.7. The van der Waals surface area contributed by atoms with E-state index in [1.807, 2.05) is 41.8 Å². The number of carbonyl (C=O) groups is 1. The third kappa shape index (κ3) is 4.45. The molecule has 0 atom stereocenters. The molecule has 3 aromatic rings. The molecule has 0 amide bonds. The Hall–Kier alpha value is -2.21. The van der Waals surface area contributed by atoms with Gasteiger partial charge >= 0.3 is 5.97 Å². The third-order valence-electron chi connectivity index (χ3n) is 3.51. The van der Waals surface area contributed by atoms with Crippen molar-refractivity contribution in [3.8, 4) is 10.6 Å². The summed E-state index contributed by atoms with van der Waals surface area (Å²) >= 11 is 7.65. The van der Waals surface area contributed by atoms with Gasteiger partial charge in [0.05, 0.1) is 22.9 Å². The van der Waals surface area contributed by atoms with E-state index in [-0.39, 0.29) is 12.6 Å². The highest BCUT2D eigenvalue weighted by Crippen LogP contribution is 2.30. The van der Waals surface area contributed by atoms with E-state index in [1.165, 1.54) is 11.3 Å². The lowest BCUT2D eigenvalue weighted by molar-refractivity contribution is 0.0468. The number of halogens is 1. The second kappa shape index (κ2) is 8.25. The summed E-state index contributed by atoms with van der Waals surface area (Å²) in [4.78, 5) is 16.6. The van der Waals surface area contributed by atoms with E-state index < -0.39 is 0 Å². The first-order valence-electron chi connectivity index (χ1n) is 7.61. The minimum atomic E-state index is -0.378. The van der Waals surface area contributed by atoms with E-state index in [1.54, 1.807) is 19.2 Å². The van der Waals surface area contributed by atoms with Crippen molar-refractivity contribution < 1.29 is 14.3 Å². The van der Waals surface area contributed by atoms with Gasteiger partial charge in [-0.2, -0.15) is 0 Å². The minimum Gasteiger partial charge on any atom is -0.456 e. The van der Waals surface area contributed by atoms with Gasteiger partial charge in [0.15, 0.2) is 0 Å². The van der Waals surface area contributed by atoms with E-state index in [0.29, 0.717) is 22.9 Å². The molecule has 0 unspecified atom stereocenters. The average Bonchev–Trinajstić information content (AvgIpc) is 3.10. The maximum absolute atomic E-state index is 12.1. The number of thiazole rings is 1. The largest absolute Gasteiger partial charge is 0.456 e. The Labute approximate surface area is 155 Å². The molecule has 1 heterocycles. The molecule has 0 bridgehead atoms. The van der Waals surface area contributed by atoms with Gasteiger partial charge in [0, 0.05) is 18.1 Å². The molecule has 25 heavy (non-hydrogen) atoms. The van der Waals surface area contributed by atoms with Crippen LogP contribution in [0.4, 0.5) is 0 Å². The summed E-state index contributed by atoms with van der Waals surface area (Å²) in [5.41, 5.74) is 3.08. The number of nitrogens with zero attached hydrogens (tertiary/aromatic N) is 1. The number of rotatable bonds is 6. The molecule has 3 rings (SSSR count). The SMILES string of the molecule is COCc1ccc(C(=O)OCc2csc(-c3ccccc3Cl)n2)cc1. The molecular weight excluding hydrogens is 358 g/mol. The van der Waals surface area contributed by atoms with E-state index in [4.69, 9.17) is 21.1 Å². The van der Waals surface area contributed by atoms with Crippen molar-refractivity contribution in [2.24, 2.45) is 0 Å². The standard InChI is InChI=1S/C19H16ClNO3S/c1-23-10-13-6-8-14(9-7-13)19(22)24-11-15-12-25-18(21-15)16-4-2-3-5-17(16)20/h2-9,12H,10-11H2,1H3. The molecule has 1 aromatic heterocycles. The second-order valence-electron chi connectivity index (χ2n) is 5.33. The van der Waals surface area contributed by atoms with Gasteiger partial charge in [-0.25, -0.2) is 9.78 Å². The molecule has 0 spiro atoms. The minimum absolute atomic E-state index is 0.125. The smallest absolute Gasteiger partial charge is 0.338 e. The summed E-state index contributed by atoms with van der Waals surface area (Å²) in [6.07, 6.45) is 0. The summed E-state index contributed by atoms with van der Waals surface area (Å²) in [7, 11) is 1.63. The van der Waals surface area contributed by atoms with E-state index >= 15 is 0 Å². The fraction of sp³-hybridized carbons (Fsp3) is 0.158. The Kier molecular flexibility index (Phi) is 5.81. The van der Waals surface area contributed by atoms with Gasteiger partial charge in [0.1, 0.15) is 11.6 Å². The lowest BCUT2D eigenvalue weighted by Gasteiger charge is -2.04. The quantitative estimate of drug-likeness (QED) is 0.572. The molecular formula is C19H16ClNO3S. The molecule has 0 N–H and O–H groups in total. The number of methoxy groups -OCH3 is 1. The van der Waals surface area contributed by atoms with Crippen LogP contribution in [0.2, 0.25) is 5.02 Å². The van der Waals surface area contributed by atoms with Crippen LogP contribution in [-0.2, 0) is 22.7 Å². The molecule has 0 aliphatic heterocycles. The van der Waals surface area contributed by atoms with Crippen molar-refractivity contribution in [2.45, 2.75) is 13.2 Å². The van der Waals surface area contributed by atoms with Gasteiger partial charge in [0.2, 0.25) is 0 Å². The molecule has 4 nitrogen and oxygen atoms in total. The van der Waals surface area contributed by atoms with Gasteiger partial charge in [-0.15, -0.1) is 11.3 Å². The highest BCUT2D eigenvalue weighted by atomic mass is 35.5. The number of aromatic nitrogens is 1. The average molecular weight is 374 g/mol. The predicted molar refractivity (Wildman–Crippen MR) is 98.8 cm³/mol. The van der Waals surface area contributed by atoms with Crippen LogP contribution in [0, 0.1) is 0 Å². The van der Waals surface area contributed by atoms with Crippen molar-refractivity contribution >= 4 is 28.9 Å².